The van der Waals surface area contributed by atoms with E-state index < -0.39 is 0 Å². The normalized spacial score (nSPS) is 31.3. The van der Waals surface area contributed by atoms with Crippen LogP contribution in [0, 0.1) is 5.92 Å². The molecule has 18 heavy (non-hydrogen) atoms. The highest BCUT2D eigenvalue weighted by atomic mass is 16.3. The zero-order valence-corrected chi connectivity index (χ0v) is 10.8. The van der Waals surface area contributed by atoms with Gasteiger partial charge in [0.15, 0.2) is 0 Å². The van der Waals surface area contributed by atoms with Gasteiger partial charge >= 0.3 is 0 Å². The summed E-state index contributed by atoms with van der Waals surface area (Å²) in [5.41, 5.74) is 2.66. The Morgan fingerprint density at radius 1 is 1.33 bits per heavy atom. The van der Waals surface area contributed by atoms with E-state index in [1.54, 1.807) is 0 Å². The summed E-state index contributed by atoms with van der Waals surface area (Å²) in [6.07, 6.45) is 9.02. The van der Waals surface area contributed by atoms with Crippen molar-refractivity contribution in [1.82, 2.24) is 10.3 Å². The molecule has 98 valence electrons. The Labute approximate surface area is 109 Å². The zero-order valence-electron chi connectivity index (χ0n) is 10.8. The van der Waals surface area contributed by atoms with Gasteiger partial charge in [0.2, 0.25) is 0 Å². The summed E-state index contributed by atoms with van der Waals surface area (Å²) < 4.78 is 0. The average Bonchev–Trinajstić information content (AvgIpc) is 2.83. The van der Waals surface area contributed by atoms with Crippen LogP contribution < -0.4 is 5.32 Å². The van der Waals surface area contributed by atoms with Crippen LogP contribution in [0.3, 0.4) is 0 Å². The summed E-state index contributed by atoms with van der Waals surface area (Å²) in [5, 5.41) is 13.1. The maximum absolute atomic E-state index is 9.29. The number of nitrogens with one attached hydrogen (secondary N) is 1. The summed E-state index contributed by atoms with van der Waals surface area (Å²) in [5.74, 6) is 0.501. The minimum atomic E-state index is 0.345. The van der Waals surface area contributed by atoms with Gasteiger partial charge in [0, 0.05) is 18.8 Å². The van der Waals surface area contributed by atoms with Crippen LogP contribution in [0.25, 0.3) is 0 Å². The van der Waals surface area contributed by atoms with E-state index in [1.165, 1.54) is 36.9 Å². The maximum Gasteiger partial charge on any atom is 0.0605 e. The predicted octanol–water partition coefficient (Wildman–Crippen LogP) is 2.21. The molecule has 0 radical (unpaired) electrons. The molecule has 0 spiro atoms. The zero-order chi connectivity index (χ0) is 12.4. The third-order valence-electron chi connectivity index (χ3n) is 4.44. The average molecular weight is 246 g/mol. The van der Waals surface area contributed by atoms with Crippen LogP contribution in [0.15, 0.2) is 18.3 Å². The van der Waals surface area contributed by atoms with E-state index in [0.717, 1.165) is 12.8 Å². The fraction of sp³-hybridized carbons (Fsp3) is 0.667. The molecule has 3 nitrogen and oxygen atoms in total. The molecule has 0 bridgehead atoms. The molecule has 0 aromatic carbocycles. The van der Waals surface area contributed by atoms with E-state index in [-0.39, 0.29) is 0 Å². The van der Waals surface area contributed by atoms with Gasteiger partial charge in [-0.1, -0.05) is 12.5 Å². The summed E-state index contributed by atoms with van der Waals surface area (Å²) in [6, 6.07) is 5.22. The first kappa shape index (κ1) is 12.1. The Bertz CT molecular complexity index is 407. The molecular formula is C15H22N2O. The molecule has 2 aliphatic rings. The van der Waals surface area contributed by atoms with Gasteiger partial charge in [-0.2, -0.15) is 0 Å². The molecule has 2 aliphatic carbocycles. The number of aliphatic hydroxyl groups excluding tert-OH is 1. The van der Waals surface area contributed by atoms with Crippen LogP contribution in [0.2, 0.25) is 0 Å². The van der Waals surface area contributed by atoms with Gasteiger partial charge < -0.3 is 10.4 Å². The number of hydrogen-bond donors (Lipinski definition) is 2. The van der Waals surface area contributed by atoms with Gasteiger partial charge in [-0.05, 0) is 49.7 Å². The number of nitrogens with zero attached hydrogens (tertiary/aromatic N) is 1. The molecular weight excluding hydrogens is 224 g/mol. The molecule has 3 unspecified atom stereocenters. The van der Waals surface area contributed by atoms with Crippen molar-refractivity contribution in [2.24, 2.45) is 5.92 Å². The molecule has 0 amide bonds. The second-order valence-electron chi connectivity index (χ2n) is 5.72. The first-order chi connectivity index (χ1) is 8.86. The monoisotopic (exact) mass is 246 g/mol. The Balaban J connectivity index is 1.64. The first-order valence-corrected chi connectivity index (χ1v) is 7.17. The Hall–Kier alpha value is -0.930. The second-order valence-corrected chi connectivity index (χ2v) is 5.72. The third-order valence-corrected chi connectivity index (χ3v) is 4.44. The highest BCUT2D eigenvalue weighted by Crippen LogP contribution is 2.32. The fourth-order valence-electron chi connectivity index (χ4n) is 3.47. The molecule has 2 N–H and O–H groups in total. The number of rotatable bonds is 3. The van der Waals surface area contributed by atoms with Gasteiger partial charge in [0.05, 0.1) is 11.7 Å². The third kappa shape index (κ3) is 2.43. The summed E-state index contributed by atoms with van der Waals surface area (Å²) in [6.45, 7) is 0.345. The topological polar surface area (TPSA) is 45.1 Å². The minimum Gasteiger partial charge on any atom is -0.396 e. The number of aryl methyl sites for hydroxylation is 1. The van der Waals surface area contributed by atoms with Crippen LogP contribution >= 0.6 is 0 Å². The standard InChI is InChI=1S/C15H22N2O/c18-10-11-3-1-5-13(9-11)17-14-7-6-12-4-2-8-16-15(12)14/h2,4,8,11,13-14,17-18H,1,3,5-7,9-10H2. The summed E-state index contributed by atoms with van der Waals surface area (Å²) in [7, 11) is 0. The molecule has 1 heterocycles. The van der Waals surface area contributed by atoms with Crippen molar-refractivity contribution in [3.8, 4) is 0 Å². The van der Waals surface area contributed by atoms with Crippen molar-refractivity contribution in [2.45, 2.75) is 50.6 Å². The lowest BCUT2D eigenvalue weighted by Gasteiger charge is -2.31. The van der Waals surface area contributed by atoms with Gasteiger partial charge in [0.1, 0.15) is 0 Å². The molecule has 1 aromatic heterocycles. The minimum absolute atomic E-state index is 0.345. The number of aromatic nitrogens is 1. The van der Waals surface area contributed by atoms with E-state index >= 15 is 0 Å². The SMILES string of the molecule is OCC1CCCC(NC2CCc3cccnc32)C1. The summed E-state index contributed by atoms with van der Waals surface area (Å²) in [4.78, 5) is 4.53. The van der Waals surface area contributed by atoms with Crippen molar-refractivity contribution in [1.29, 1.82) is 0 Å². The Morgan fingerprint density at radius 3 is 3.17 bits per heavy atom. The maximum atomic E-state index is 9.29. The summed E-state index contributed by atoms with van der Waals surface area (Å²) >= 11 is 0. The number of aliphatic hydroxyl groups is 1. The molecule has 1 saturated carbocycles. The number of pyridine rings is 1. The predicted molar refractivity (Wildman–Crippen MR) is 71.3 cm³/mol. The smallest absolute Gasteiger partial charge is 0.0605 e. The molecule has 1 aromatic rings. The highest BCUT2D eigenvalue weighted by molar-refractivity contribution is 5.28. The van der Waals surface area contributed by atoms with Crippen LogP contribution in [0.5, 0.6) is 0 Å². The van der Waals surface area contributed by atoms with Crippen molar-refractivity contribution in [3.05, 3.63) is 29.6 Å². The van der Waals surface area contributed by atoms with E-state index in [0.29, 0.717) is 24.6 Å². The lowest BCUT2D eigenvalue weighted by Crippen LogP contribution is -2.37. The quantitative estimate of drug-likeness (QED) is 0.859. The molecule has 3 atom stereocenters. The molecule has 3 heteroatoms. The Kier molecular flexibility index (Phi) is 3.62. The largest absolute Gasteiger partial charge is 0.396 e. The van der Waals surface area contributed by atoms with Crippen molar-refractivity contribution >= 4 is 0 Å². The molecule has 0 aliphatic heterocycles. The number of hydrogen-bond acceptors (Lipinski definition) is 3. The van der Waals surface area contributed by atoms with Gasteiger partial charge in [0.25, 0.3) is 0 Å². The first-order valence-electron chi connectivity index (χ1n) is 7.17. The Morgan fingerprint density at radius 2 is 2.28 bits per heavy atom. The lowest BCUT2D eigenvalue weighted by molar-refractivity contribution is 0.166. The molecule has 3 rings (SSSR count). The van der Waals surface area contributed by atoms with Crippen molar-refractivity contribution in [2.75, 3.05) is 6.61 Å². The van der Waals surface area contributed by atoms with Crippen LogP contribution in [0.1, 0.15) is 49.4 Å². The fourth-order valence-corrected chi connectivity index (χ4v) is 3.47. The van der Waals surface area contributed by atoms with Gasteiger partial charge in [-0.3, -0.25) is 4.98 Å². The number of fused-ring (bicyclic) bond motifs is 1. The van der Waals surface area contributed by atoms with E-state index in [1.807, 2.05) is 12.3 Å². The van der Waals surface area contributed by atoms with Gasteiger partial charge in [-0.15, -0.1) is 0 Å². The molecule has 0 saturated heterocycles. The van der Waals surface area contributed by atoms with Crippen LogP contribution in [-0.2, 0) is 6.42 Å². The molecule has 1 fully saturated rings. The van der Waals surface area contributed by atoms with Crippen molar-refractivity contribution in [3.63, 3.8) is 0 Å². The van der Waals surface area contributed by atoms with Crippen LogP contribution in [-0.4, -0.2) is 22.7 Å². The van der Waals surface area contributed by atoms with E-state index in [9.17, 15) is 5.11 Å². The lowest BCUT2D eigenvalue weighted by atomic mass is 9.86. The second kappa shape index (κ2) is 5.37. The van der Waals surface area contributed by atoms with Gasteiger partial charge in [-0.25, -0.2) is 0 Å². The van der Waals surface area contributed by atoms with Crippen molar-refractivity contribution < 1.29 is 5.11 Å². The van der Waals surface area contributed by atoms with Crippen LogP contribution in [0.4, 0.5) is 0 Å². The highest BCUT2D eigenvalue weighted by Gasteiger charge is 2.28. The van der Waals surface area contributed by atoms with E-state index in [4.69, 9.17) is 0 Å². The van der Waals surface area contributed by atoms with E-state index in [2.05, 4.69) is 16.4 Å².